The molecule has 0 spiro atoms. The van der Waals surface area contributed by atoms with Gasteiger partial charge < -0.3 is 0 Å². The van der Waals surface area contributed by atoms with E-state index in [1.54, 1.807) is 0 Å². The van der Waals surface area contributed by atoms with E-state index in [4.69, 9.17) is 0 Å². The molecule has 0 heterocycles. The van der Waals surface area contributed by atoms with Gasteiger partial charge in [0.25, 0.3) is 0 Å². The van der Waals surface area contributed by atoms with Crippen molar-refractivity contribution >= 4 is 0 Å². The molecule has 0 atom stereocenters. The van der Waals surface area contributed by atoms with Crippen LogP contribution in [0.15, 0.2) is 0 Å². The Morgan fingerprint density at radius 1 is 0.417 bits per heavy atom. The first-order valence-corrected chi connectivity index (χ1v) is 11.3. The third kappa shape index (κ3) is 18.3. The van der Waals surface area contributed by atoms with Crippen molar-refractivity contribution in [3.05, 3.63) is 0 Å². The van der Waals surface area contributed by atoms with Crippen molar-refractivity contribution in [2.45, 2.75) is 144 Å². The van der Waals surface area contributed by atoms with Crippen LogP contribution in [0.2, 0.25) is 0 Å². The molecule has 0 aromatic heterocycles. The van der Waals surface area contributed by atoms with Gasteiger partial charge in [-0.05, 0) is 23.7 Å². The minimum atomic E-state index is 0.534. The van der Waals surface area contributed by atoms with Crippen molar-refractivity contribution in [1.82, 2.24) is 0 Å². The third-order valence-electron chi connectivity index (χ3n) is 5.74. The van der Waals surface area contributed by atoms with Crippen molar-refractivity contribution < 1.29 is 0 Å². The minimum absolute atomic E-state index is 0.534. The number of unbranched alkanes of at least 4 members (excludes halogenated alkanes) is 12. The van der Waals surface area contributed by atoms with E-state index in [9.17, 15) is 0 Å². The normalized spacial score (nSPS) is 12.8. The van der Waals surface area contributed by atoms with E-state index >= 15 is 0 Å². The number of hydrogen-bond acceptors (Lipinski definition) is 0. The van der Waals surface area contributed by atoms with Crippen molar-refractivity contribution in [3.8, 4) is 0 Å². The van der Waals surface area contributed by atoms with Gasteiger partial charge in [0.15, 0.2) is 0 Å². The molecule has 146 valence electrons. The molecule has 24 heavy (non-hydrogen) atoms. The Kier molecular flexibility index (Phi) is 14.2. The quantitative estimate of drug-likeness (QED) is 0.246. The lowest BCUT2D eigenvalue weighted by Crippen LogP contribution is -2.08. The van der Waals surface area contributed by atoms with E-state index in [0.717, 1.165) is 0 Å². The fourth-order valence-electron chi connectivity index (χ4n) is 3.38. The maximum absolute atomic E-state index is 2.41. The predicted molar refractivity (Wildman–Crippen MR) is 113 cm³/mol. The van der Waals surface area contributed by atoms with Crippen LogP contribution in [0.1, 0.15) is 144 Å². The lowest BCUT2D eigenvalue weighted by Gasteiger charge is -2.22. The van der Waals surface area contributed by atoms with Crippen LogP contribution in [0.25, 0.3) is 0 Å². The van der Waals surface area contributed by atoms with Gasteiger partial charge in [0.1, 0.15) is 0 Å². The van der Waals surface area contributed by atoms with Gasteiger partial charge in [-0.25, -0.2) is 0 Å². The van der Waals surface area contributed by atoms with Crippen LogP contribution in [0.4, 0.5) is 0 Å². The molecule has 0 nitrogen and oxygen atoms in total. The third-order valence-corrected chi connectivity index (χ3v) is 5.74. The zero-order valence-electron chi connectivity index (χ0n) is 18.3. The first-order valence-electron chi connectivity index (χ1n) is 11.3. The van der Waals surface area contributed by atoms with Crippen molar-refractivity contribution in [3.63, 3.8) is 0 Å². The van der Waals surface area contributed by atoms with Gasteiger partial charge in [0.05, 0.1) is 0 Å². The smallest absolute Gasteiger partial charge is 0.0357 e. The fourth-order valence-corrected chi connectivity index (χ4v) is 3.38. The molecule has 0 aromatic carbocycles. The largest absolute Gasteiger partial charge is 0.0649 e. The second kappa shape index (κ2) is 14.2. The lowest BCUT2D eigenvalue weighted by molar-refractivity contribution is 0.307. The molecule has 0 heteroatoms. The molecule has 0 aromatic rings. The van der Waals surface area contributed by atoms with E-state index in [0.29, 0.717) is 10.8 Å². The second-order valence-corrected chi connectivity index (χ2v) is 10.2. The number of hydrogen-bond donors (Lipinski definition) is 0. The van der Waals surface area contributed by atoms with Crippen LogP contribution in [0.3, 0.4) is 0 Å². The van der Waals surface area contributed by atoms with Crippen LogP contribution < -0.4 is 0 Å². The molecule has 0 radical (unpaired) electrons. The van der Waals surface area contributed by atoms with Crippen molar-refractivity contribution in [2.24, 2.45) is 10.8 Å². The highest BCUT2D eigenvalue weighted by Gasteiger charge is 2.13. The first kappa shape index (κ1) is 24.0. The summed E-state index contributed by atoms with van der Waals surface area (Å²) in [7, 11) is 0. The maximum Gasteiger partial charge on any atom is -0.0357 e. The van der Waals surface area contributed by atoms with Crippen molar-refractivity contribution in [1.29, 1.82) is 0 Å². The van der Waals surface area contributed by atoms with E-state index < -0.39 is 0 Å². The topological polar surface area (TPSA) is 0 Å². The summed E-state index contributed by atoms with van der Waals surface area (Å²) >= 11 is 0. The van der Waals surface area contributed by atoms with E-state index in [2.05, 4.69) is 41.5 Å². The minimum Gasteiger partial charge on any atom is -0.0649 e. The van der Waals surface area contributed by atoms with Gasteiger partial charge in [-0.2, -0.15) is 0 Å². The zero-order valence-corrected chi connectivity index (χ0v) is 18.3. The summed E-state index contributed by atoms with van der Waals surface area (Å²) in [5.74, 6) is 0. The Morgan fingerprint density at radius 2 is 0.708 bits per heavy atom. The molecule has 0 rings (SSSR count). The SMILES string of the molecule is CCC(C)(C)CCCCCCCCCCCCCCCC(C)(C)C. The molecule has 0 saturated heterocycles. The molecule has 0 aliphatic rings. The molecule has 0 N–H and O–H groups in total. The fraction of sp³-hybridized carbons (Fsp3) is 1.00. The summed E-state index contributed by atoms with van der Waals surface area (Å²) in [5, 5.41) is 0. The van der Waals surface area contributed by atoms with E-state index in [-0.39, 0.29) is 0 Å². The van der Waals surface area contributed by atoms with Crippen LogP contribution in [0, 0.1) is 10.8 Å². The Bertz CT molecular complexity index is 256. The van der Waals surface area contributed by atoms with Crippen LogP contribution in [0.5, 0.6) is 0 Å². The van der Waals surface area contributed by atoms with Gasteiger partial charge in [0, 0.05) is 0 Å². The summed E-state index contributed by atoms with van der Waals surface area (Å²) < 4.78 is 0. The van der Waals surface area contributed by atoms with E-state index in [1.807, 2.05) is 0 Å². The van der Waals surface area contributed by atoms with Crippen LogP contribution >= 0.6 is 0 Å². The molecular formula is C24H50. The second-order valence-electron chi connectivity index (χ2n) is 10.2. The highest BCUT2D eigenvalue weighted by molar-refractivity contribution is 4.66. The Balaban J connectivity index is 3.13. The number of rotatable bonds is 16. The standard InChI is InChI=1S/C24H50/c1-7-24(5,6)22-20-18-16-14-12-10-8-9-11-13-15-17-19-21-23(2,3)4/h7-22H2,1-6H3. The molecular weight excluding hydrogens is 288 g/mol. The summed E-state index contributed by atoms with van der Waals surface area (Å²) in [6.45, 7) is 14.2. The molecule has 0 aliphatic carbocycles. The lowest BCUT2D eigenvalue weighted by atomic mass is 9.84. The molecule has 0 saturated carbocycles. The van der Waals surface area contributed by atoms with Crippen molar-refractivity contribution in [2.75, 3.05) is 0 Å². The molecule has 0 unspecified atom stereocenters. The van der Waals surface area contributed by atoms with Gasteiger partial charge in [-0.1, -0.05) is 131 Å². The highest BCUT2D eigenvalue weighted by Crippen LogP contribution is 2.27. The van der Waals surface area contributed by atoms with Crippen LogP contribution in [-0.2, 0) is 0 Å². The maximum atomic E-state index is 2.41. The highest BCUT2D eigenvalue weighted by atomic mass is 14.2. The molecule has 0 amide bonds. The van der Waals surface area contributed by atoms with Gasteiger partial charge in [-0.15, -0.1) is 0 Å². The Labute approximate surface area is 155 Å². The van der Waals surface area contributed by atoms with Gasteiger partial charge in [-0.3, -0.25) is 0 Å². The average Bonchev–Trinajstić information content (AvgIpc) is 2.50. The van der Waals surface area contributed by atoms with Gasteiger partial charge in [0.2, 0.25) is 0 Å². The average molecular weight is 339 g/mol. The monoisotopic (exact) mass is 338 g/mol. The summed E-state index contributed by atoms with van der Waals surface area (Å²) in [4.78, 5) is 0. The van der Waals surface area contributed by atoms with Gasteiger partial charge >= 0.3 is 0 Å². The summed E-state index contributed by atoms with van der Waals surface area (Å²) in [6, 6.07) is 0. The predicted octanol–water partition coefficient (Wildman–Crippen LogP) is 9.32. The van der Waals surface area contributed by atoms with E-state index in [1.165, 1.54) is 103 Å². The molecule has 0 fully saturated rings. The summed E-state index contributed by atoms with van der Waals surface area (Å²) in [6.07, 6.45) is 23.2. The first-order chi connectivity index (χ1) is 11.3. The zero-order chi connectivity index (χ0) is 18.3. The Morgan fingerprint density at radius 3 is 1.00 bits per heavy atom. The summed E-state index contributed by atoms with van der Waals surface area (Å²) in [5.41, 5.74) is 1.11. The molecule has 0 bridgehead atoms. The molecule has 0 aliphatic heterocycles. The van der Waals surface area contributed by atoms with Crippen LogP contribution in [-0.4, -0.2) is 0 Å². The Hall–Kier alpha value is 0.